The minimum atomic E-state index is 0.182. The molecule has 0 aliphatic heterocycles. The Morgan fingerprint density at radius 1 is 1.39 bits per heavy atom. The molecule has 100 valence electrons. The number of thiophene rings is 1. The molecule has 1 saturated carbocycles. The van der Waals surface area contributed by atoms with E-state index in [0.29, 0.717) is 0 Å². The smallest absolute Gasteiger partial charge is 0.121 e. The molecular weight excluding hydrogens is 238 g/mol. The first-order valence-corrected chi connectivity index (χ1v) is 8.48. The lowest BCUT2D eigenvalue weighted by molar-refractivity contribution is 0.443. The van der Waals surface area contributed by atoms with Crippen LogP contribution in [0.4, 0.5) is 0 Å². The van der Waals surface area contributed by atoms with Gasteiger partial charge in [-0.15, -0.1) is 4.72 Å². The van der Waals surface area contributed by atoms with Crippen LogP contribution in [0.15, 0.2) is 23.1 Å². The second kappa shape index (κ2) is 6.53. The molecule has 1 aromatic rings. The molecule has 0 bridgehead atoms. The van der Waals surface area contributed by atoms with Crippen LogP contribution in [0.25, 0.3) is 0 Å². The average Bonchev–Trinajstić information content (AvgIpc) is 2.82. The van der Waals surface area contributed by atoms with Crippen LogP contribution in [0.1, 0.15) is 62.3 Å². The van der Waals surface area contributed by atoms with Crippen molar-refractivity contribution < 1.29 is 0 Å². The van der Waals surface area contributed by atoms with E-state index in [1.54, 1.807) is 10.4 Å². The quantitative estimate of drug-likeness (QED) is 0.584. The van der Waals surface area contributed by atoms with Crippen LogP contribution >= 0.6 is 10.7 Å². The topological polar surface area (TPSA) is 12.0 Å². The molecular formula is C16H26NS+. The highest BCUT2D eigenvalue weighted by atomic mass is 32.2. The van der Waals surface area contributed by atoms with Crippen LogP contribution in [-0.4, -0.2) is 7.05 Å². The fourth-order valence-electron chi connectivity index (χ4n) is 2.95. The van der Waals surface area contributed by atoms with E-state index in [-0.39, 0.29) is 10.7 Å². The standard InChI is InChI=1S/C16H26NS/c1-4-13(2)12-16-15(10-11-18(16)17-3)14-8-6-5-7-9-14/h4,10-11,14,17H,5-9,12H2,1-3H3/q+1. The Kier molecular flexibility index (Phi) is 5.02. The van der Waals surface area contributed by atoms with E-state index in [9.17, 15) is 0 Å². The molecule has 1 nitrogen and oxygen atoms in total. The molecule has 1 heterocycles. The lowest BCUT2D eigenvalue weighted by Crippen LogP contribution is -2.06. The number of hydrogen-bond acceptors (Lipinski definition) is 1. The van der Waals surface area contributed by atoms with Crippen molar-refractivity contribution in [1.29, 1.82) is 0 Å². The summed E-state index contributed by atoms with van der Waals surface area (Å²) < 4.78 is 3.47. The summed E-state index contributed by atoms with van der Waals surface area (Å²) in [5.74, 6) is 0.834. The van der Waals surface area contributed by atoms with Gasteiger partial charge in [0.05, 0.1) is 10.7 Å². The van der Waals surface area contributed by atoms with E-state index in [4.69, 9.17) is 0 Å². The molecule has 1 aromatic heterocycles. The van der Waals surface area contributed by atoms with E-state index in [0.717, 1.165) is 12.3 Å². The van der Waals surface area contributed by atoms with Gasteiger partial charge in [-0.1, -0.05) is 30.9 Å². The normalized spacial score (nSPS) is 19.3. The van der Waals surface area contributed by atoms with E-state index in [1.807, 2.05) is 0 Å². The molecule has 0 amide bonds. The molecule has 0 aromatic carbocycles. The second-order valence-corrected chi connectivity index (χ2v) is 7.22. The van der Waals surface area contributed by atoms with Crippen molar-refractivity contribution in [3.63, 3.8) is 0 Å². The predicted molar refractivity (Wildman–Crippen MR) is 83.2 cm³/mol. The molecule has 0 spiro atoms. The molecule has 0 radical (unpaired) electrons. The Morgan fingerprint density at radius 2 is 2.11 bits per heavy atom. The van der Waals surface area contributed by atoms with Gasteiger partial charge in [-0.2, -0.15) is 0 Å². The first kappa shape index (κ1) is 13.8. The van der Waals surface area contributed by atoms with Gasteiger partial charge in [-0.3, -0.25) is 0 Å². The summed E-state index contributed by atoms with van der Waals surface area (Å²) in [5, 5.41) is 2.38. The zero-order valence-electron chi connectivity index (χ0n) is 12.0. The third-order valence-corrected chi connectivity index (χ3v) is 5.93. The van der Waals surface area contributed by atoms with Gasteiger partial charge in [0.25, 0.3) is 0 Å². The summed E-state index contributed by atoms with van der Waals surface area (Å²) in [5.41, 5.74) is 3.16. The maximum Gasteiger partial charge on any atom is 0.179 e. The molecule has 1 aliphatic carbocycles. The highest BCUT2D eigenvalue weighted by Crippen LogP contribution is 2.40. The van der Waals surface area contributed by atoms with Crippen molar-refractivity contribution >= 4 is 10.7 Å². The summed E-state index contributed by atoms with van der Waals surface area (Å²) in [6.07, 6.45) is 10.5. The Morgan fingerprint density at radius 3 is 2.72 bits per heavy atom. The summed E-state index contributed by atoms with van der Waals surface area (Å²) in [6.45, 7) is 4.40. The van der Waals surface area contributed by atoms with Gasteiger partial charge in [0, 0.05) is 25.1 Å². The highest BCUT2D eigenvalue weighted by molar-refractivity contribution is 7.31. The SMILES string of the molecule is CC=C(C)Cc1c(C2CCCCC2)cc[s+]1NC. The average molecular weight is 264 g/mol. The van der Waals surface area contributed by atoms with Gasteiger partial charge in [0.1, 0.15) is 0 Å². The van der Waals surface area contributed by atoms with Gasteiger partial charge in [0.2, 0.25) is 0 Å². The van der Waals surface area contributed by atoms with Gasteiger partial charge in [-0.25, -0.2) is 0 Å². The number of allylic oxidation sites excluding steroid dienone is 2. The molecule has 0 saturated heterocycles. The van der Waals surface area contributed by atoms with Gasteiger partial charge in [-0.05, 0) is 32.6 Å². The summed E-state index contributed by atoms with van der Waals surface area (Å²) in [4.78, 5) is 1.65. The predicted octanol–water partition coefficient (Wildman–Crippen LogP) is 5.17. The van der Waals surface area contributed by atoms with Crippen LogP contribution in [-0.2, 0) is 6.42 Å². The third kappa shape index (κ3) is 3.04. The monoisotopic (exact) mass is 264 g/mol. The number of rotatable bonds is 4. The number of nitrogens with one attached hydrogen (secondary N) is 1. The minimum absolute atomic E-state index is 0.182. The molecule has 2 rings (SSSR count). The molecule has 1 aliphatic rings. The van der Waals surface area contributed by atoms with Crippen LogP contribution in [0.5, 0.6) is 0 Å². The molecule has 2 heteroatoms. The zero-order valence-corrected chi connectivity index (χ0v) is 12.8. The largest absolute Gasteiger partial charge is 0.179 e. The van der Waals surface area contributed by atoms with Crippen molar-refractivity contribution in [2.75, 3.05) is 11.8 Å². The second-order valence-electron chi connectivity index (χ2n) is 5.37. The highest BCUT2D eigenvalue weighted by Gasteiger charge is 2.26. The summed E-state index contributed by atoms with van der Waals surface area (Å²) >= 11 is 0. The van der Waals surface area contributed by atoms with Crippen molar-refractivity contribution in [1.82, 2.24) is 0 Å². The van der Waals surface area contributed by atoms with Gasteiger partial charge >= 0.3 is 0 Å². The van der Waals surface area contributed by atoms with Gasteiger partial charge < -0.3 is 0 Å². The molecule has 18 heavy (non-hydrogen) atoms. The Labute approximate surface area is 114 Å². The van der Waals surface area contributed by atoms with Crippen LogP contribution in [0, 0.1) is 0 Å². The lowest BCUT2D eigenvalue weighted by atomic mass is 9.84. The molecule has 1 fully saturated rings. The molecule has 1 N–H and O–H groups in total. The van der Waals surface area contributed by atoms with Crippen LogP contribution < -0.4 is 4.72 Å². The maximum absolute atomic E-state index is 3.47. The van der Waals surface area contributed by atoms with Crippen molar-refractivity contribution in [3.05, 3.63) is 33.5 Å². The van der Waals surface area contributed by atoms with Crippen molar-refractivity contribution in [3.8, 4) is 0 Å². The van der Waals surface area contributed by atoms with Crippen molar-refractivity contribution in [2.24, 2.45) is 0 Å². The zero-order chi connectivity index (χ0) is 13.0. The lowest BCUT2D eigenvalue weighted by Gasteiger charge is -2.20. The Hall–Kier alpha value is -0.600. The Balaban J connectivity index is 2.25. The van der Waals surface area contributed by atoms with E-state index < -0.39 is 0 Å². The number of hydrogen-bond donors (Lipinski definition) is 1. The van der Waals surface area contributed by atoms with Crippen molar-refractivity contribution in [2.45, 2.75) is 58.3 Å². The van der Waals surface area contributed by atoms with Crippen LogP contribution in [0.3, 0.4) is 0 Å². The van der Waals surface area contributed by atoms with E-state index >= 15 is 0 Å². The van der Waals surface area contributed by atoms with E-state index in [1.165, 1.54) is 37.7 Å². The maximum atomic E-state index is 3.47. The summed E-state index contributed by atoms with van der Waals surface area (Å²) in [7, 11) is 2.27. The fourth-order valence-corrected chi connectivity index (χ4v) is 4.65. The van der Waals surface area contributed by atoms with Crippen LogP contribution in [0.2, 0.25) is 0 Å². The third-order valence-electron chi connectivity index (χ3n) is 4.17. The van der Waals surface area contributed by atoms with Gasteiger partial charge in [0.15, 0.2) is 10.3 Å². The first-order valence-electron chi connectivity index (χ1n) is 7.19. The first-order chi connectivity index (χ1) is 8.76. The molecule has 1 atom stereocenters. The fraction of sp³-hybridized carbons (Fsp3) is 0.625. The summed E-state index contributed by atoms with van der Waals surface area (Å²) in [6, 6.07) is 2.41. The Bertz CT molecular complexity index is 411. The molecule has 1 unspecified atom stereocenters. The van der Waals surface area contributed by atoms with E-state index in [2.05, 4.69) is 43.1 Å². The minimum Gasteiger partial charge on any atom is -0.121 e.